The van der Waals surface area contributed by atoms with Gasteiger partial charge in [0, 0.05) is 33.0 Å². The van der Waals surface area contributed by atoms with Crippen molar-refractivity contribution in [1.82, 2.24) is 9.78 Å². The van der Waals surface area contributed by atoms with Crippen molar-refractivity contribution in [3.05, 3.63) is 85.3 Å². The molecule has 214 valence electrons. The number of fused-ring (bicyclic) bond motifs is 4. The first-order valence-electron chi connectivity index (χ1n) is 12.2. The highest BCUT2D eigenvalue weighted by atomic mass is 32.1. The average Bonchev–Trinajstić information content (AvgIpc) is 3.57. The van der Waals surface area contributed by atoms with Gasteiger partial charge in [0.1, 0.15) is 21.7 Å². The largest absolute Gasteiger partial charge is 0.497 e. The van der Waals surface area contributed by atoms with Crippen LogP contribution in [0.4, 0.5) is 10.0 Å². The number of hydrogen-bond acceptors (Lipinski definition) is 12. The Morgan fingerprint density at radius 2 is 1.64 bits per heavy atom. The predicted octanol–water partition coefficient (Wildman–Crippen LogP) is 4.50. The van der Waals surface area contributed by atoms with Gasteiger partial charge in [0.25, 0.3) is 5.56 Å². The molecule has 0 radical (unpaired) electrons. The molecule has 0 saturated carbocycles. The van der Waals surface area contributed by atoms with Crippen LogP contribution in [-0.2, 0) is 4.74 Å². The molecule has 0 saturated heterocycles. The van der Waals surface area contributed by atoms with Crippen LogP contribution in [0.25, 0.3) is 38.2 Å². The summed E-state index contributed by atoms with van der Waals surface area (Å²) in [5.74, 6) is -1.10. The number of nitrogens with zero attached hydrogens (tertiary/aromatic N) is 2. The molecule has 0 atom stereocenters. The number of carboxylic acids is 1. The van der Waals surface area contributed by atoms with Crippen LogP contribution in [0.15, 0.2) is 67.2 Å². The second kappa shape index (κ2) is 11.3. The third kappa shape index (κ3) is 5.04. The second-order valence-corrected chi connectivity index (χ2v) is 10.5. The first-order chi connectivity index (χ1) is 20.1. The molecule has 6 rings (SSSR count). The highest BCUT2D eigenvalue weighted by molar-refractivity contribution is 7.16. The van der Waals surface area contributed by atoms with Crippen molar-refractivity contribution in [3.63, 3.8) is 0 Å². The summed E-state index contributed by atoms with van der Waals surface area (Å²) in [5, 5.41) is 20.0. The van der Waals surface area contributed by atoms with Gasteiger partial charge in [0.2, 0.25) is 0 Å². The number of hydrogen-bond donors (Lipinski definition) is 3. The fraction of sp³-hybridized carbons (Fsp3) is 0.107. The Balaban J connectivity index is 0.000000180. The monoisotopic (exact) mass is 606 g/mol. The van der Waals surface area contributed by atoms with E-state index in [9.17, 15) is 19.2 Å². The minimum atomic E-state index is -1.09. The van der Waals surface area contributed by atoms with Crippen molar-refractivity contribution in [2.75, 3.05) is 25.2 Å². The molecule has 0 amide bonds. The first kappa shape index (κ1) is 28.3. The molecule has 0 spiro atoms. The maximum Gasteiger partial charge on any atom is 0.359 e. The number of esters is 1. The van der Waals surface area contributed by atoms with Gasteiger partial charge in [0.05, 0.1) is 35.4 Å². The fourth-order valence-electron chi connectivity index (χ4n) is 4.21. The van der Waals surface area contributed by atoms with Gasteiger partial charge < -0.3 is 30.5 Å². The van der Waals surface area contributed by atoms with Gasteiger partial charge >= 0.3 is 17.6 Å². The van der Waals surface area contributed by atoms with Gasteiger partial charge in [-0.3, -0.25) is 4.79 Å². The van der Waals surface area contributed by atoms with Crippen LogP contribution in [-0.4, -0.2) is 40.5 Å². The first-order valence-corrected chi connectivity index (χ1v) is 14.0. The number of aromatic nitrogens is 2. The van der Waals surface area contributed by atoms with Crippen molar-refractivity contribution < 1.29 is 28.6 Å². The molecule has 0 aliphatic carbocycles. The smallest absolute Gasteiger partial charge is 0.359 e. The summed E-state index contributed by atoms with van der Waals surface area (Å²) in [5.41, 5.74) is 11.6. The molecule has 2 aromatic carbocycles. The zero-order valence-corrected chi connectivity index (χ0v) is 23.7. The van der Waals surface area contributed by atoms with E-state index in [2.05, 4.69) is 5.10 Å². The minimum Gasteiger partial charge on any atom is -0.497 e. The number of carboxylic acid groups (broad SMARTS) is 1. The lowest BCUT2D eigenvalue weighted by atomic mass is 10.1. The number of carbonyl (C=O) groups excluding carboxylic acids is 1. The van der Waals surface area contributed by atoms with E-state index in [-0.39, 0.29) is 28.3 Å². The lowest BCUT2D eigenvalue weighted by Gasteiger charge is -2.09. The highest BCUT2D eigenvalue weighted by Gasteiger charge is 2.21. The standard InChI is InChI=1S/C16H13N3O5S.C12H9NO3S/c1-2-24-16(23)12-10-7-25-13(17)11(10)14(20)19(18-12)9-5-3-8(4-6-9)15(21)22;1-15-6-2-3-7-8-5-17-11(13)10(8)12(14)16-9(7)4-6/h3-7H,2,17H2,1H3,(H,21,22);2-5H,13H2,1H3. The molecule has 0 aliphatic rings. The van der Waals surface area contributed by atoms with Crippen LogP contribution in [0.2, 0.25) is 0 Å². The molecule has 12 nitrogen and oxygen atoms in total. The molecule has 0 bridgehead atoms. The molecule has 14 heteroatoms. The summed E-state index contributed by atoms with van der Waals surface area (Å²) in [7, 11) is 1.57. The number of thiophene rings is 2. The number of ether oxygens (including phenoxy) is 2. The average molecular weight is 607 g/mol. The summed E-state index contributed by atoms with van der Waals surface area (Å²) in [4.78, 5) is 47.7. The van der Waals surface area contributed by atoms with Gasteiger partial charge in [-0.05, 0) is 43.3 Å². The lowest BCUT2D eigenvalue weighted by Crippen LogP contribution is -2.25. The van der Waals surface area contributed by atoms with Crippen molar-refractivity contribution in [1.29, 1.82) is 0 Å². The van der Waals surface area contributed by atoms with E-state index < -0.39 is 23.1 Å². The number of benzene rings is 2. The van der Waals surface area contributed by atoms with Crippen molar-refractivity contribution in [2.24, 2.45) is 0 Å². The second-order valence-electron chi connectivity index (χ2n) is 8.67. The van der Waals surface area contributed by atoms with E-state index >= 15 is 0 Å². The molecule has 6 aromatic rings. The lowest BCUT2D eigenvalue weighted by molar-refractivity contribution is 0.0519. The number of rotatable bonds is 5. The number of carbonyl (C=O) groups is 2. The van der Waals surface area contributed by atoms with Gasteiger partial charge in [-0.15, -0.1) is 22.7 Å². The Labute approximate surface area is 243 Å². The predicted molar refractivity (Wildman–Crippen MR) is 161 cm³/mol. The van der Waals surface area contributed by atoms with Crippen molar-refractivity contribution >= 4 is 77.1 Å². The van der Waals surface area contributed by atoms with Gasteiger partial charge in [-0.25, -0.2) is 14.4 Å². The minimum absolute atomic E-state index is 0.0216. The van der Waals surface area contributed by atoms with Crippen LogP contribution >= 0.6 is 22.7 Å². The zero-order valence-electron chi connectivity index (χ0n) is 22.1. The molecule has 0 fully saturated rings. The Bertz CT molecular complexity index is 2110. The summed E-state index contributed by atoms with van der Waals surface area (Å²) in [6, 6.07) is 10.9. The van der Waals surface area contributed by atoms with E-state index in [1.165, 1.54) is 35.6 Å². The van der Waals surface area contributed by atoms with E-state index in [1.54, 1.807) is 25.5 Å². The van der Waals surface area contributed by atoms with E-state index in [0.29, 0.717) is 32.8 Å². The molecule has 42 heavy (non-hydrogen) atoms. The number of nitrogen functional groups attached to an aromatic ring is 2. The van der Waals surface area contributed by atoms with Gasteiger partial charge in [-0.2, -0.15) is 9.78 Å². The SMILES string of the molecule is CCOC(=O)c1nn(-c2ccc(C(=O)O)cc2)c(=O)c2c(N)scc12.COc1ccc2c(c1)oc(=O)c1c(N)scc12. The van der Waals surface area contributed by atoms with Crippen LogP contribution in [0.1, 0.15) is 27.8 Å². The van der Waals surface area contributed by atoms with Crippen LogP contribution < -0.4 is 27.4 Å². The molecule has 0 unspecified atom stereocenters. The highest BCUT2D eigenvalue weighted by Crippen LogP contribution is 2.32. The number of aromatic carboxylic acids is 1. The normalized spacial score (nSPS) is 10.9. The quantitative estimate of drug-likeness (QED) is 0.185. The Morgan fingerprint density at radius 1 is 0.976 bits per heavy atom. The van der Waals surface area contributed by atoms with Gasteiger partial charge in [0.15, 0.2) is 5.69 Å². The topological polar surface area (TPSA) is 190 Å². The molecule has 5 N–H and O–H groups in total. The summed E-state index contributed by atoms with van der Waals surface area (Å²) >= 11 is 2.47. The third-order valence-corrected chi connectivity index (χ3v) is 7.84. The molecular weight excluding hydrogens is 584 g/mol. The van der Waals surface area contributed by atoms with Crippen molar-refractivity contribution in [3.8, 4) is 11.4 Å². The summed E-state index contributed by atoms with van der Waals surface area (Å²) in [6.45, 7) is 1.83. The molecular formula is C28H22N4O8S2. The van der Waals surface area contributed by atoms with E-state index in [4.69, 9.17) is 30.5 Å². The van der Waals surface area contributed by atoms with Crippen LogP contribution in [0.5, 0.6) is 5.75 Å². The summed E-state index contributed by atoms with van der Waals surface area (Å²) < 4.78 is 16.4. The number of anilines is 2. The summed E-state index contributed by atoms with van der Waals surface area (Å²) in [6.07, 6.45) is 0. The fourth-order valence-corrected chi connectivity index (χ4v) is 5.80. The van der Waals surface area contributed by atoms with E-state index in [1.807, 2.05) is 17.5 Å². The maximum atomic E-state index is 12.7. The van der Waals surface area contributed by atoms with Crippen LogP contribution in [0.3, 0.4) is 0 Å². The Hall–Kier alpha value is -5.21. The Kier molecular flexibility index (Phi) is 7.65. The molecule has 4 heterocycles. The van der Waals surface area contributed by atoms with Gasteiger partial charge in [-0.1, -0.05) is 0 Å². The number of methoxy groups -OCH3 is 1. The number of nitrogens with two attached hydrogens (primary N) is 2. The molecule has 0 aliphatic heterocycles. The molecule has 4 aromatic heterocycles. The zero-order chi connectivity index (χ0) is 30.1. The van der Waals surface area contributed by atoms with Crippen molar-refractivity contribution in [2.45, 2.75) is 6.92 Å². The maximum absolute atomic E-state index is 12.7. The third-order valence-electron chi connectivity index (χ3n) is 6.21. The van der Waals surface area contributed by atoms with E-state index in [0.717, 1.165) is 26.8 Å². The van der Waals surface area contributed by atoms with Crippen LogP contribution in [0, 0.1) is 0 Å². The Morgan fingerprint density at radius 3 is 2.29 bits per heavy atom.